The van der Waals surface area contributed by atoms with Crippen molar-refractivity contribution in [1.29, 1.82) is 0 Å². The van der Waals surface area contributed by atoms with E-state index in [2.05, 4.69) is 5.32 Å². The maximum absolute atomic E-state index is 11.1. The summed E-state index contributed by atoms with van der Waals surface area (Å²) in [6, 6.07) is 2.85. The summed E-state index contributed by atoms with van der Waals surface area (Å²) >= 11 is 0. The zero-order valence-corrected chi connectivity index (χ0v) is 10.9. The first-order valence-electron chi connectivity index (χ1n) is 5.49. The van der Waals surface area contributed by atoms with Crippen LogP contribution in [-0.4, -0.2) is 10.8 Å². The van der Waals surface area contributed by atoms with Gasteiger partial charge in [-0.1, -0.05) is 20.8 Å². The summed E-state index contributed by atoms with van der Waals surface area (Å²) in [6.07, 6.45) is 0. The first kappa shape index (κ1) is 14.0. The SMILES string of the molecule is CC(=O)Nc1cc(N)c([N+](=O)[O-])cc1C(C)(C)C. The first-order chi connectivity index (χ1) is 8.12. The van der Waals surface area contributed by atoms with E-state index in [-0.39, 0.29) is 22.7 Å². The molecule has 18 heavy (non-hydrogen) atoms. The Bertz CT molecular complexity index is 504. The molecule has 0 aliphatic heterocycles. The number of nitrogens with one attached hydrogen (secondary N) is 1. The van der Waals surface area contributed by atoms with Crippen LogP contribution in [0.2, 0.25) is 0 Å². The number of rotatable bonds is 2. The second-order valence-corrected chi connectivity index (χ2v) is 5.14. The van der Waals surface area contributed by atoms with Crippen molar-refractivity contribution in [2.45, 2.75) is 33.1 Å². The van der Waals surface area contributed by atoms with E-state index in [1.54, 1.807) is 0 Å². The third kappa shape index (κ3) is 2.97. The molecule has 0 radical (unpaired) electrons. The Morgan fingerprint density at radius 1 is 1.39 bits per heavy atom. The highest BCUT2D eigenvalue weighted by Crippen LogP contribution is 2.36. The van der Waals surface area contributed by atoms with Crippen LogP contribution in [0.1, 0.15) is 33.3 Å². The Hall–Kier alpha value is -2.11. The molecule has 1 amide bonds. The minimum Gasteiger partial charge on any atom is -0.393 e. The van der Waals surface area contributed by atoms with E-state index in [4.69, 9.17) is 5.73 Å². The fourth-order valence-corrected chi connectivity index (χ4v) is 1.68. The highest BCUT2D eigenvalue weighted by molar-refractivity contribution is 5.91. The molecule has 0 aliphatic rings. The maximum Gasteiger partial charge on any atom is 0.292 e. The van der Waals surface area contributed by atoms with E-state index in [9.17, 15) is 14.9 Å². The monoisotopic (exact) mass is 251 g/mol. The van der Waals surface area contributed by atoms with Gasteiger partial charge in [0.1, 0.15) is 5.69 Å². The summed E-state index contributed by atoms with van der Waals surface area (Å²) in [5, 5.41) is 13.5. The fraction of sp³-hybridized carbons (Fsp3) is 0.417. The van der Waals surface area contributed by atoms with Gasteiger partial charge in [0.15, 0.2) is 0 Å². The van der Waals surface area contributed by atoms with Crippen LogP contribution in [0.25, 0.3) is 0 Å². The van der Waals surface area contributed by atoms with Crippen LogP contribution in [0.5, 0.6) is 0 Å². The predicted molar refractivity (Wildman–Crippen MR) is 70.5 cm³/mol. The second kappa shape index (κ2) is 4.64. The van der Waals surface area contributed by atoms with Crippen molar-refractivity contribution >= 4 is 23.0 Å². The van der Waals surface area contributed by atoms with Crippen molar-refractivity contribution in [1.82, 2.24) is 0 Å². The van der Waals surface area contributed by atoms with E-state index in [0.717, 1.165) is 0 Å². The van der Waals surface area contributed by atoms with Crippen LogP contribution >= 0.6 is 0 Å². The van der Waals surface area contributed by atoms with Crippen LogP contribution < -0.4 is 11.1 Å². The number of hydrogen-bond donors (Lipinski definition) is 2. The number of amides is 1. The zero-order valence-electron chi connectivity index (χ0n) is 10.9. The Morgan fingerprint density at radius 3 is 2.33 bits per heavy atom. The lowest BCUT2D eigenvalue weighted by Gasteiger charge is -2.23. The molecule has 0 spiro atoms. The maximum atomic E-state index is 11.1. The Morgan fingerprint density at radius 2 is 1.94 bits per heavy atom. The number of nitro groups is 1. The molecular weight excluding hydrogens is 234 g/mol. The standard InChI is InChI=1S/C12H17N3O3/c1-7(16)14-10-6-9(13)11(15(17)18)5-8(10)12(2,3)4/h5-6H,13H2,1-4H3,(H,14,16). The number of nitrogen functional groups attached to an aromatic ring is 1. The molecule has 1 rings (SSSR count). The van der Waals surface area contributed by atoms with E-state index < -0.39 is 4.92 Å². The minimum atomic E-state index is -0.526. The van der Waals surface area contributed by atoms with E-state index in [0.29, 0.717) is 11.3 Å². The highest BCUT2D eigenvalue weighted by atomic mass is 16.6. The van der Waals surface area contributed by atoms with Crippen LogP contribution in [0.4, 0.5) is 17.1 Å². The normalized spacial score (nSPS) is 11.1. The number of nitrogens with zero attached hydrogens (tertiary/aromatic N) is 1. The molecule has 6 nitrogen and oxygen atoms in total. The molecule has 98 valence electrons. The molecule has 0 heterocycles. The molecule has 0 aliphatic carbocycles. The van der Waals surface area contributed by atoms with Crippen LogP contribution in [0, 0.1) is 10.1 Å². The number of nitrogens with two attached hydrogens (primary N) is 1. The Balaban J connectivity index is 3.47. The lowest BCUT2D eigenvalue weighted by atomic mass is 9.85. The summed E-state index contributed by atoms with van der Waals surface area (Å²) in [4.78, 5) is 21.5. The van der Waals surface area contributed by atoms with Gasteiger partial charge in [0, 0.05) is 18.7 Å². The number of nitro benzene ring substituents is 1. The van der Waals surface area contributed by atoms with Gasteiger partial charge >= 0.3 is 0 Å². The lowest BCUT2D eigenvalue weighted by molar-refractivity contribution is -0.384. The molecule has 0 unspecified atom stereocenters. The molecule has 0 aromatic heterocycles. The van der Waals surface area contributed by atoms with Gasteiger partial charge in [0.2, 0.25) is 5.91 Å². The fourth-order valence-electron chi connectivity index (χ4n) is 1.68. The second-order valence-electron chi connectivity index (χ2n) is 5.14. The van der Waals surface area contributed by atoms with Gasteiger partial charge in [0.25, 0.3) is 5.69 Å². The number of anilines is 2. The van der Waals surface area contributed by atoms with Crippen molar-refractivity contribution in [3.63, 3.8) is 0 Å². The topological polar surface area (TPSA) is 98.3 Å². The average molecular weight is 251 g/mol. The number of carbonyl (C=O) groups is 1. The first-order valence-corrected chi connectivity index (χ1v) is 5.49. The molecule has 0 bridgehead atoms. The zero-order chi connectivity index (χ0) is 14.1. The van der Waals surface area contributed by atoms with Gasteiger partial charge in [-0.25, -0.2) is 0 Å². The number of benzene rings is 1. The third-order valence-corrected chi connectivity index (χ3v) is 2.48. The van der Waals surface area contributed by atoms with E-state index in [1.807, 2.05) is 20.8 Å². The van der Waals surface area contributed by atoms with Crippen LogP contribution in [-0.2, 0) is 10.2 Å². The largest absolute Gasteiger partial charge is 0.393 e. The summed E-state index contributed by atoms with van der Waals surface area (Å²) < 4.78 is 0. The molecule has 3 N–H and O–H groups in total. The molecule has 0 fully saturated rings. The van der Waals surface area contributed by atoms with Crippen molar-refractivity contribution in [3.05, 3.63) is 27.8 Å². The molecule has 0 saturated carbocycles. The van der Waals surface area contributed by atoms with Crippen molar-refractivity contribution < 1.29 is 9.72 Å². The number of hydrogen-bond acceptors (Lipinski definition) is 4. The van der Waals surface area contributed by atoms with Gasteiger partial charge in [0.05, 0.1) is 4.92 Å². The lowest BCUT2D eigenvalue weighted by Crippen LogP contribution is -2.18. The number of carbonyl (C=O) groups excluding carboxylic acids is 1. The van der Waals surface area contributed by atoms with E-state index in [1.165, 1.54) is 19.1 Å². The minimum absolute atomic E-state index is 0.0387. The third-order valence-electron chi connectivity index (χ3n) is 2.48. The molecule has 1 aromatic carbocycles. The summed E-state index contributed by atoms with van der Waals surface area (Å²) in [5.74, 6) is -0.242. The Labute approximate surface area is 105 Å². The van der Waals surface area contributed by atoms with Gasteiger partial charge < -0.3 is 11.1 Å². The molecule has 0 atom stereocenters. The average Bonchev–Trinajstić information content (AvgIpc) is 2.13. The van der Waals surface area contributed by atoms with Crippen molar-refractivity contribution in [2.24, 2.45) is 0 Å². The molecule has 0 saturated heterocycles. The van der Waals surface area contributed by atoms with Gasteiger partial charge in [-0.15, -0.1) is 0 Å². The highest BCUT2D eigenvalue weighted by Gasteiger charge is 2.24. The molecular formula is C12H17N3O3. The smallest absolute Gasteiger partial charge is 0.292 e. The summed E-state index contributed by atoms with van der Waals surface area (Å²) in [5.41, 5.74) is 6.37. The van der Waals surface area contributed by atoms with Gasteiger partial charge in [-0.05, 0) is 17.0 Å². The predicted octanol–water partition coefficient (Wildman–Crippen LogP) is 2.43. The van der Waals surface area contributed by atoms with Crippen molar-refractivity contribution in [2.75, 3.05) is 11.1 Å². The van der Waals surface area contributed by atoms with Gasteiger partial charge in [-0.3, -0.25) is 14.9 Å². The quantitative estimate of drug-likeness (QED) is 0.479. The Kier molecular flexibility index (Phi) is 3.59. The summed E-state index contributed by atoms with van der Waals surface area (Å²) in [6.45, 7) is 7.11. The summed E-state index contributed by atoms with van der Waals surface area (Å²) in [7, 11) is 0. The van der Waals surface area contributed by atoms with E-state index >= 15 is 0 Å². The van der Waals surface area contributed by atoms with Crippen LogP contribution in [0.15, 0.2) is 12.1 Å². The van der Waals surface area contributed by atoms with Gasteiger partial charge in [-0.2, -0.15) is 0 Å². The van der Waals surface area contributed by atoms with Crippen molar-refractivity contribution in [3.8, 4) is 0 Å². The van der Waals surface area contributed by atoms with Crippen LogP contribution in [0.3, 0.4) is 0 Å². The molecule has 1 aromatic rings. The molecule has 6 heteroatoms.